The van der Waals surface area contributed by atoms with E-state index in [1.54, 1.807) is 24.4 Å². The summed E-state index contributed by atoms with van der Waals surface area (Å²) in [6.07, 6.45) is 1.61. The molecule has 4 nitrogen and oxygen atoms in total. The number of benzene rings is 2. The third kappa shape index (κ3) is 4.58. The van der Waals surface area contributed by atoms with Gasteiger partial charge in [0.05, 0.1) is 10.7 Å². The summed E-state index contributed by atoms with van der Waals surface area (Å²) < 4.78 is 0. The second kappa shape index (κ2) is 7.81. The first-order valence-corrected chi connectivity index (χ1v) is 8.31. The van der Waals surface area contributed by atoms with Crippen molar-refractivity contribution in [3.63, 3.8) is 0 Å². The van der Waals surface area contributed by atoms with Crippen LogP contribution in [0.25, 0.3) is 0 Å². The average Bonchev–Trinajstić information content (AvgIpc) is 2.63. The zero-order valence-corrected chi connectivity index (χ0v) is 14.5. The van der Waals surface area contributed by atoms with Crippen LogP contribution < -0.4 is 10.6 Å². The number of halogens is 1. The molecule has 0 aliphatic carbocycles. The summed E-state index contributed by atoms with van der Waals surface area (Å²) >= 11 is 6.07. The van der Waals surface area contributed by atoms with E-state index in [2.05, 4.69) is 46.8 Å². The van der Waals surface area contributed by atoms with Crippen LogP contribution in [0.2, 0.25) is 5.02 Å². The van der Waals surface area contributed by atoms with Crippen LogP contribution in [0.15, 0.2) is 66.9 Å². The Morgan fingerprint density at radius 2 is 1.84 bits per heavy atom. The second-order valence-corrected chi connectivity index (χ2v) is 6.11. The number of hydrogen-bond acceptors (Lipinski definition) is 3. The lowest BCUT2D eigenvalue weighted by atomic mass is 10.1. The Morgan fingerprint density at radius 3 is 2.60 bits per heavy atom. The lowest BCUT2D eigenvalue weighted by molar-refractivity contribution is 0.102. The molecular weight excluding hydrogens is 334 g/mol. The maximum atomic E-state index is 12.4. The fraction of sp³-hybridized carbons (Fsp3) is 0.100. The summed E-state index contributed by atoms with van der Waals surface area (Å²) in [5.74, 6) is -0.299. The number of pyridine rings is 1. The predicted molar refractivity (Wildman–Crippen MR) is 102 cm³/mol. The Kier molecular flexibility index (Phi) is 5.31. The van der Waals surface area contributed by atoms with Crippen molar-refractivity contribution in [1.29, 1.82) is 0 Å². The first-order valence-electron chi connectivity index (χ1n) is 7.93. The van der Waals surface area contributed by atoms with Crippen LogP contribution in [-0.2, 0) is 6.54 Å². The highest BCUT2D eigenvalue weighted by Crippen LogP contribution is 2.21. The number of aromatic nitrogens is 1. The number of carbonyl (C=O) groups is 1. The lowest BCUT2D eigenvalue weighted by Gasteiger charge is -2.09. The van der Waals surface area contributed by atoms with E-state index in [9.17, 15) is 4.79 Å². The Bertz CT molecular complexity index is 878. The number of carbonyl (C=O) groups excluding carboxylic acids is 1. The van der Waals surface area contributed by atoms with E-state index in [1.165, 1.54) is 11.1 Å². The second-order valence-electron chi connectivity index (χ2n) is 5.70. The van der Waals surface area contributed by atoms with Gasteiger partial charge in [-0.05, 0) is 36.8 Å². The van der Waals surface area contributed by atoms with Crippen LogP contribution in [0.3, 0.4) is 0 Å². The highest BCUT2D eigenvalue weighted by Gasteiger charge is 2.10. The molecule has 0 atom stereocenters. The summed E-state index contributed by atoms with van der Waals surface area (Å²) in [6, 6.07) is 19.0. The van der Waals surface area contributed by atoms with Crippen molar-refractivity contribution >= 4 is 28.9 Å². The van der Waals surface area contributed by atoms with E-state index in [0.29, 0.717) is 22.9 Å². The van der Waals surface area contributed by atoms with Gasteiger partial charge >= 0.3 is 0 Å². The fourth-order valence-electron chi connectivity index (χ4n) is 2.32. The van der Waals surface area contributed by atoms with E-state index in [-0.39, 0.29) is 5.91 Å². The number of anilines is 2. The van der Waals surface area contributed by atoms with E-state index < -0.39 is 0 Å². The van der Waals surface area contributed by atoms with Gasteiger partial charge in [-0.1, -0.05) is 53.6 Å². The smallest absolute Gasteiger partial charge is 0.274 e. The molecule has 0 aliphatic rings. The fourth-order valence-corrected chi connectivity index (χ4v) is 2.51. The van der Waals surface area contributed by atoms with Crippen LogP contribution in [0.5, 0.6) is 0 Å². The van der Waals surface area contributed by atoms with Crippen molar-refractivity contribution in [2.45, 2.75) is 13.5 Å². The molecule has 3 aromatic rings. The van der Waals surface area contributed by atoms with Gasteiger partial charge in [-0.15, -0.1) is 0 Å². The summed E-state index contributed by atoms with van der Waals surface area (Å²) in [7, 11) is 0. The van der Waals surface area contributed by atoms with Gasteiger partial charge in [0.15, 0.2) is 0 Å². The molecule has 0 unspecified atom stereocenters. The predicted octanol–water partition coefficient (Wildman–Crippen LogP) is 4.91. The van der Waals surface area contributed by atoms with Crippen molar-refractivity contribution in [2.24, 2.45) is 0 Å². The van der Waals surface area contributed by atoms with Crippen molar-refractivity contribution in [3.05, 3.63) is 88.7 Å². The number of amides is 1. The Labute approximate surface area is 151 Å². The normalized spacial score (nSPS) is 10.3. The number of nitrogens with one attached hydrogen (secondary N) is 2. The van der Waals surface area contributed by atoms with Gasteiger partial charge in [-0.3, -0.25) is 9.78 Å². The number of hydrogen-bond donors (Lipinski definition) is 2. The van der Waals surface area contributed by atoms with Gasteiger partial charge in [0.25, 0.3) is 5.91 Å². The lowest BCUT2D eigenvalue weighted by Crippen LogP contribution is -2.14. The SMILES string of the molecule is Cc1ccc(CNc2ccnc(C(=O)Nc3ccccc3Cl)c2)cc1. The van der Waals surface area contributed by atoms with E-state index in [4.69, 9.17) is 11.6 Å². The minimum Gasteiger partial charge on any atom is -0.381 e. The average molecular weight is 352 g/mol. The molecule has 126 valence electrons. The van der Waals surface area contributed by atoms with Crippen LogP contribution in [0, 0.1) is 6.92 Å². The zero-order valence-electron chi connectivity index (χ0n) is 13.8. The summed E-state index contributed by atoms with van der Waals surface area (Å²) in [5.41, 5.74) is 4.12. The van der Waals surface area contributed by atoms with Crippen molar-refractivity contribution < 1.29 is 4.79 Å². The topological polar surface area (TPSA) is 54.0 Å². The quantitative estimate of drug-likeness (QED) is 0.686. The molecule has 0 fully saturated rings. The molecule has 0 saturated carbocycles. The maximum Gasteiger partial charge on any atom is 0.274 e. The highest BCUT2D eigenvalue weighted by atomic mass is 35.5. The Balaban J connectivity index is 1.67. The van der Waals surface area contributed by atoms with E-state index in [0.717, 1.165) is 5.69 Å². The van der Waals surface area contributed by atoms with Gasteiger partial charge < -0.3 is 10.6 Å². The molecule has 3 rings (SSSR count). The summed E-state index contributed by atoms with van der Waals surface area (Å²) in [5, 5.41) is 6.57. The molecule has 5 heteroatoms. The third-order valence-electron chi connectivity index (χ3n) is 3.73. The van der Waals surface area contributed by atoms with Gasteiger partial charge in [-0.25, -0.2) is 0 Å². The molecule has 0 bridgehead atoms. The Morgan fingerprint density at radius 1 is 1.08 bits per heavy atom. The first kappa shape index (κ1) is 17.0. The molecule has 1 aromatic heterocycles. The molecule has 1 heterocycles. The minimum absolute atomic E-state index is 0.299. The molecule has 1 amide bonds. The third-order valence-corrected chi connectivity index (χ3v) is 4.06. The number of aryl methyl sites for hydroxylation is 1. The molecule has 25 heavy (non-hydrogen) atoms. The minimum atomic E-state index is -0.299. The maximum absolute atomic E-state index is 12.4. The van der Waals surface area contributed by atoms with Crippen molar-refractivity contribution in [3.8, 4) is 0 Å². The molecule has 0 saturated heterocycles. The molecule has 0 aliphatic heterocycles. The summed E-state index contributed by atoms with van der Waals surface area (Å²) in [4.78, 5) is 16.5. The van der Waals surface area contributed by atoms with E-state index >= 15 is 0 Å². The number of nitrogens with zero attached hydrogens (tertiary/aromatic N) is 1. The molecule has 2 N–H and O–H groups in total. The highest BCUT2D eigenvalue weighted by molar-refractivity contribution is 6.33. The zero-order chi connectivity index (χ0) is 17.6. The number of para-hydroxylation sites is 1. The van der Waals surface area contributed by atoms with Crippen LogP contribution in [-0.4, -0.2) is 10.9 Å². The first-order chi connectivity index (χ1) is 12.1. The van der Waals surface area contributed by atoms with Crippen molar-refractivity contribution in [2.75, 3.05) is 10.6 Å². The molecule has 0 spiro atoms. The van der Waals surface area contributed by atoms with Crippen LogP contribution in [0.1, 0.15) is 21.6 Å². The largest absolute Gasteiger partial charge is 0.381 e. The van der Waals surface area contributed by atoms with Crippen molar-refractivity contribution in [1.82, 2.24) is 4.98 Å². The molecule has 0 radical (unpaired) electrons. The van der Waals surface area contributed by atoms with Gasteiger partial charge in [-0.2, -0.15) is 0 Å². The standard InChI is InChI=1S/C20H18ClN3O/c1-14-6-8-15(9-7-14)13-23-16-10-11-22-19(12-16)20(25)24-18-5-3-2-4-17(18)21/h2-12H,13H2,1H3,(H,22,23)(H,24,25). The molecular formula is C20H18ClN3O. The van der Waals surface area contributed by atoms with Crippen LogP contribution in [0.4, 0.5) is 11.4 Å². The Hall–Kier alpha value is -2.85. The van der Waals surface area contributed by atoms with E-state index in [1.807, 2.05) is 18.2 Å². The summed E-state index contributed by atoms with van der Waals surface area (Å²) in [6.45, 7) is 2.74. The van der Waals surface area contributed by atoms with Gasteiger partial charge in [0.1, 0.15) is 5.69 Å². The van der Waals surface area contributed by atoms with Gasteiger partial charge in [0.2, 0.25) is 0 Å². The van der Waals surface area contributed by atoms with Gasteiger partial charge in [0, 0.05) is 18.4 Å². The molecule has 2 aromatic carbocycles. The van der Waals surface area contributed by atoms with Crippen LogP contribution >= 0.6 is 11.6 Å². The number of rotatable bonds is 5. The monoisotopic (exact) mass is 351 g/mol.